The zero-order chi connectivity index (χ0) is 26.7. The molecule has 3 nitrogen and oxygen atoms in total. The van der Waals surface area contributed by atoms with Gasteiger partial charge in [-0.25, -0.2) is 0 Å². The zero-order valence-corrected chi connectivity index (χ0v) is 26.0. The number of fused-ring (bicyclic) bond motifs is 1. The Kier molecular flexibility index (Phi) is 14.6. The van der Waals surface area contributed by atoms with Crippen molar-refractivity contribution in [3.05, 3.63) is 77.7 Å². The molecule has 3 rings (SSSR count). The van der Waals surface area contributed by atoms with E-state index in [4.69, 9.17) is 0 Å². The predicted octanol–water partition coefficient (Wildman–Crippen LogP) is 9.08. The van der Waals surface area contributed by atoms with Crippen molar-refractivity contribution in [3.63, 3.8) is 0 Å². The molecule has 4 heteroatoms. The van der Waals surface area contributed by atoms with E-state index in [1.165, 1.54) is 28.0 Å². The van der Waals surface area contributed by atoms with Gasteiger partial charge in [0.15, 0.2) is 5.78 Å². The van der Waals surface area contributed by atoms with Crippen molar-refractivity contribution in [2.75, 3.05) is 0 Å². The van der Waals surface area contributed by atoms with Crippen molar-refractivity contribution < 1.29 is 30.0 Å². The first kappa shape index (κ1) is 32.7. The Morgan fingerprint density at radius 1 is 0.973 bits per heavy atom. The third kappa shape index (κ3) is 9.83. The van der Waals surface area contributed by atoms with Crippen LogP contribution < -0.4 is 0 Å². The molecule has 0 aliphatic heterocycles. The molecule has 203 valence electrons. The van der Waals surface area contributed by atoms with Crippen molar-refractivity contribution >= 4 is 16.6 Å². The summed E-state index contributed by atoms with van der Waals surface area (Å²) in [4.78, 5) is 16.3. The molecule has 1 radical (unpaired) electrons. The van der Waals surface area contributed by atoms with E-state index in [0.29, 0.717) is 5.92 Å². The molecule has 0 aliphatic rings. The maximum atomic E-state index is 11.7. The Labute approximate surface area is 238 Å². The number of hydrogen-bond donors (Lipinski definition) is 1. The summed E-state index contributed by atoms with van der Waals surface area (Å²) in [5.41, 5.74) is 4.71. The molecular weight excluding hydrogens is 635 g/mol. The van der Waals surface area contributed by atoms with Crippen LogP contribution in [-0.4, -0.2) is 15.9 Å². The van der Waals surface area contributed by atoms with E-state index in [1.807, 2.05) is 40.0 Å². The molecule has 0 unspecified atom stereocenters. The smallest absolute Gasteiger partial charge is 0.162 e. The van der Waals surface area contributed by atoms with Gasteiger partial charge in [0, 0.05) is 44.2 Å². The van der Waals surface area contributed by atoms with Crippen molar-refractivity contribution in [1.82, 2.24) is 4.98 Å². The Balaban J connectivity index is 0.000000384. The van der Waals surface area contributed by atoms with Gasteiger partial charge < -0.3 is 10.1 Å². The van der Waals surface area contributed by atoms with E-state index in [1.54, 1.807) is 0 Å². The Bertz CT molecular complexity index is 1140. The molecule has 0 atom stereocenters. The van der Waals surface area contributed by atoms with Crippen molar-refractivity contribution in [2.24, 2.45) is 17.8 Å². The van der Waals surface area contributed by atoms with Gasteiger partial charge in [0.2, 0.25) is 0 Å². The van der Waals surface area contributed by atoms with E-state index in [9.17, 15) is 9.90 Å². The van der Waals surface area contributed by atoms with Crippen molar-refractivity contribution in [2.45, 2.75) is 80.6 Å². The molecule has 0 amide bonds. The summed E-state index contributed by atoms with van der Waals surface area (Å²) in [6.07, 6.45) is 7.92. The normalized spacial score (nSPS) is 11.5. The number of aliphatic hydroxyl groups is 1. The number of benzene rings is 2. The molecule has 37 heavy (non-hydrogen) atoms. The minimum absolute atomic E-state index is 0. The number of rotatable bonds is 10. The molecule has 0 aliphatic carbocycles. The minimum Gasteiger partial charge on any atom is -0.512 e. The van der Waals surface area contributed by atoms with Crippen molar-refractivity contribution in [3.8, 4) is 11.3 Å². The van der Waals surface area contributed by atoms with Crippen molar-refractivity contribution in [1.29, 1.82) is 0 Å². The summed E-state index contributed by atoms with van der Waals surface area (Å²) in [5.74, 6) is 1.22. The van der Waals surface area contributed by atoms with Crippen LogP contribution in [0.3, 0.4) is 0 Å². The first-order chi connectivity index (χ1) is 17.2. The van der Waals surface area contributed by atoms with Gasteiger partial charge in [-0.3, -0.25) is 4.79 Å². The summed E-state index contributed by atoms with van der Waals surface area (Å²) in [5, 5.41) is 12.2. The van der Waals surface area contributed by atoms with Gasteiger partial charge >= 0.3 is 0 Å². The van der Waals surface area contributed by atoms with Gasteiger partial charge in [-0.15, -0.1) is 35.4 Å². The van der Waals surface area contributed by atoms with E-state index in [2.05, 4.69) is 68.2 Å². The SMILES string of the molecule is CCC(CC)C(=O)/C=C(\O)C(CC)CC.Cc1cc[c-]c(-c2nccc3cc(CC(C)C)ccc23)c1.[Ir]. The van der Waals surface area contributed by atoms with Crippen LogP contribution in [0.2, 0.25) is 0 Å². The van der Waals surface area contributed by atoms with Gasteiger partial charge in [-0.1, -0.05) is 66.7 Å². The predicted molar refractivity (Wildman–Crippen MR) is 153 cm³/mol. The van der Waals surface area contributed by atoms with Gasteiger partial charge in [-0.05, 0) is 66.1 Å². The van der Waals surface area contributed by atoms with E-state index >= 15 is 0 Å². The number of hydrogen-bond acceptors (Lipinski definition) is 3. The minimum atomic E-state index is 0. The molecular formula is C33H44IrNO2-. The number of nitrogens with zero attached hydrogens (tertiary/aromatic N) is 1. The summed E-state index contributed by atoms with van der Waals surface area (Å²) in [6, 6.07) is 18.3. The van der Waals surface area contributed by atoms with E-state index in [0.717, 1.165) is 43.4 Å². The Hall–Kier alpha value is -2.29. The number of pyridine rings is 1. The van der Waals surface area contributed by atoms with Crippen LogP contribution in [-0.2, 0) is 31.3 Å². The average molecular weight is 679 g/mol. The quantitative estimate of drug-likeness (QED) is 0.132. The summed E-state index contributed by atoms with van der Waals surface area (Å²) < 4.78 is 0. The second-order valence-corrected chi connectivity index (χ2v) is 10.1. The molecule has 0 spiro atoms. The number of allylic oxidation sites excluding steroid dienone is 2. The number of carbonyl (C=O) groups is 1. The van der Waals surface area contributed by atoms with Crippen LogP contribution in [0.25, 0.3) is 22.0 Å². The van der Waals surface area contributed by atoms with E-state index in [-0.39, 0.29) is 43.5 Å². The molecule has 0 fully saturated rings. The molecule has 2 aromatic carbocycles. The van der Waals surface area contributed by atoms with E-state index < -0.39 is 0 Å². The maximum Gasteiger partial charge on any atom is 0.162 e. The molecule has 1 N–H and O–H groups in total. The second kappa shape index (κ2) is 16.5. The number of carbonyl (C=O) groups excluding carboxylic acids is 1. The Morgan fingerprint density at radius 3 is 2.19 bits per heavy atom. The van der Waals surface area contributed by atoms with Gasteiger partial charge in [0.05, 0.1) is 5.76 Å². The summed E-state index contributed by atoms with van der Waals surface area (Å²) in [7, 11) is 0. The summed E-state index contributed by atoms with van der Waals surface area (Å²) >= 11 is 0. The first-order valence-electron chi connectivity index (χ1n) is 13.5. The number of aromatic nitrogens is 1. The second-order valence-electron chi connectivity index (χ2n) is 10.1. The number of ketones is 1. The van der Waals surface area contributed by atoms with Crippen LogP contribution in [0, 0.1) is 30.7 Å². The standard InChI is InChI=1S/C20H20N.C13H24O2.Ir/c1-14(2)11-16-7-8-19-17(13-16)9-10-21-20(19)18-6-4-5-15(3)12-18;1-5-10(6-2)12(14)9-13(15)11(7-3)8-4;/h4-5,7-10,12-14H,11H2,1-3H3;9-11,14H,5-8H2,1-4H3;/q-1;;/b;12-9-;. The average Bonchev–Trinajstić information content (AvgIpc) is 2.85. The molecule has 1 heterocycles. The van der Waals surface area contributed by atoms with Crippen LogP contribution in [0.15, 0.2) is 60.5 Å². The van der Waals surface area contributed by atoms with Crippen LogP contribution in [0.5, 0.6) is 0 Å². The summed E-state index contributed by atoms with van der Waals surface area (Å²) in [6.45, 7) is 14.7. The zero-order valence-electron chi connectivity index (χ0n) is 23.6. The fourth-order valence-electron chi connectivity index (χ4n) is 4.54. The molecule has 3 aromatic rings. The Morgan fingerprint density at radius 2 is 1.62 bits per heavy atom. The third-order valence-electron chi connectivity index (χ3n) is 6.77. The monoisotopic (exact) mass is 679 g/mol. The van der Waals surface area contributed by atoms with Crippen LogP contribution in [0.4, 0.5) is 0 Å². The third-order valence-corrected chi connectivity index (χ3v) is 6.77. The topological polar surface area (TPSA) is 50.2 Å². The van der Waals surface area contributed by atoms with Gasteiger partial charge in [0.25, 0.3) is 0 Å². The van der Waals surface area contributed by atoms with Crippen LogP contribution in [0.1, 0.15) is 78.4 Å². The maximum absolute atomic E-state index is 11.7. The first-order valence-corrected chi connectivity index (χ1v) is 13.5. The largest absolute Gasteiger partial charge is 0.512 e. The fourth-order valence-corrected chi connectivity index (χ4v) is 4.54. The fraction of sp³-hybridized carbons (Fsp3) is 0.455. The number of aryl methyl sites for hydroxylation is 1. The van der Waals surface area contributed by atoms with Gasteiger partial charge in [0.1, 0.15) is 0 Å². The molecule has 0 saturated heterocycles. The van der Waals surface area contributed by atoms with Crippen LogP contribution >= 0.6 is 0 Å². The number of aliphatic hydroxyl groups excluding tert-OH is 1. The molecule has 0 bridgehead atoms. The van der Waals surface area contributed by atoms with Gasteiger partial charge in [-0.2, -0.15) is 0 Å². The molecule has 1 aromatic heterocycles. The molecule has 0 saturated carbocycles.